The van der Waals surface area contributed by atoms with Crippen LogP contribution in [0.15, 0.2) is 40.4 Å². The number of hydrogen-bond acceptors (Lipinski definition) is 3. The lowest BCUT2D eigenvalue weighted by Crippen LogP contribution is -2.47. The van der Waals surface area contributed by atoms with Crippen LogP contribution < -0.4 is 0 Å². The molecule has 140 valence electrons. The van der Waals surface area contributed by atoms with Gasteiger partial charge in [0.1, 0.15) is 5.70 Å². The zero-order valence-electron chi connectivity index (χ0n) is 15.5. The Kier molecular flexibility index (Phi) is 5.18. The van der Waals surface area contributed by atoms with E-state index in [1.807, 2.05) is 36.1 Å². The van der Waals surface area contributed by atoms with Gasteiger partial charge >= 0.3 is 10.2 Å². The van der Waals surface area contributed by atoms with E-state index in [-0.39, 0.29) is 17.6 Å². The van der Waals surface area contributed by atoms with Gasteiger partial charge < -0.3 is 4.90 Å². The highest BCUT2D eigenvalue weighted by molar-refractivity contribution is 7.88. The highest BCUT2D eigenvalue weighted by Gasteiger charge is 2.35. The fraction of sp³-hybridized carbons (Fsp3) is 0.474. The second-order valence-corrected chi connectivity index (χ2v) is 8.50. The number of carbonyl (C=O) groups is 1. The van der Waals surface area contributed by atoms with E-state index in [9.17, 15) is 13.2 Å². The summed E-state index contributed by atoms with van der Waals surface area (Å²) in [6.45, 7) is 4.69. The summed E-state index contributed by atoms with van der Waals surface area (Å²) in [6.07, 6.45) is 5.48. The van der Waals surface area contributed by atoms with Gasteiger partial charge in [0.2, 0.25) is 0 Å². The molecule has 1 aromatic carbocycles. The average Bonchev–Trinajstić information content (AvgIpc) is 2.63. The fourth-order valence-electron chi connectivity index (χ4n) is 3.45. The molecule has 2 aliphatic heterocycles. The van der Waals surface area contributed by atoms with Crippen LogP contribution in [0.2, 0.25) is 0 Å². The molecule has 0 aromatic heterocycles. The Morgan fingerprint density at radius 1 is 1.23 bits per heavy atom. The molecule has 2 heterocycles. The topological polar surface area (TPSA) is 70.0 Å². The maximum atomic E-state index is 13.1. The molecule has 1 amide bonds. The smallest absolute Gasteiger partial charge is 0.334 e. The van der Waals surface area contributed by atoms with Gasteiger partial charge in [-0.15, -0.1) is 4.40 Å². The van der Waals surface area contributed by atoms with Crippen molar-refractivity contribution < 1.29 is 13.2 Å². The maximum absolute atomic E-state index is 13.1. The Balaban J connectivity index is 2.00. The second kappa shape index (κ2) is 7.23. The molecule has 2 aliphatic rings. The minimum Gasteiger partial charge on any atom is -0.334 e. The zero-order valence-corrected chi connectivity index (χ0v) is 16.3. The minimum absolute atomic E-state index is 0.162. The van der Waals surface area contributed by atoms with E-state index >= 15 is 0 Å². The first-order valence-electron chi connectivity index (χ1n) is 9.02. The largest absolute Gasteiger partial charge is 0.345 e. The van der Waals surface area contributed by atoms with Crippen molar-refractivity contribution in [2.75, 3.05) is 13.6 Å². The lowest BCUT2D eigenvalue weighted by Gasteiger charge is -2.37. The van der Waals surface area contributed by atoms with E-state index in [1.165, 1.54) is 7.05 Å². The predicted molar refractivity (Wildman–Crippen MR) is 102 cm³/mol. The fourth-order valence-corrected chi connectivity index (χ4v) is 4.36. The molecule has 1 aromatic rings. The molecule has 7 heteroatoms. The molecular formula is C19H25N3O3S. The molecule has 0 spiro atoms. The van der Waals surface area contributed by atoms with Crippen molar-refractivity contribution in [3.05, 3.63) is 47.2 Å². The molecule has 0 aliphatic carbocycles. The van der Waals surface area contributed by atoms with Crippen molar-refractivity contribution in [2.45, 2.75) is 45.6 Å². The normalized spacial score (nSPS) is 22.7. The standard InChI is InChI=1S/C19H25N3O3S/c1-4-16-7-5-6-12-22(16)19(23)18-13-17(20-26(24,25)21(18)3)15-10-8-14(2)9-11-15/h8-11,13,16H,4-7,12H2,1-3H3/t16-/m1/s1. The summed E-state index contributed by atoms with van der Waals surface area (Å²) in [7, 11) is -2.53. The number of likely N-dealkylation sites (N-methyl/N-ethyl adjacent to an activating group) is 1. The number of carbonyl (C=O) groups excluding carboxylic acids is 1. The SMILES string of the molecule is CC[C@@H]1CCCCN1C(=O)C1=CC(c2ccc(C)cc2)=NS(=O)(=O)N1C. The van der Waals surface area contributed by atoms with Crippen LogP contribution in [0.25, 0.3) is 0 Å². The van der Waals surface area contributed by atoms with Gasteiger partial charge in [-0.05, 0) is 38.7 Å². The number of likely N-dealkylation sites (tertiary alicyclic amines) is 1. The molecule has 0 saturated carbocycles. The zero-order chi connectivity index (χ0) is 18.9. The number of benzene rings is 1. The quantitative estimate of drug-likeness (QED) is 0.815. The van der Waals surface area contributed by atoms with Gasteiger partial charge in [0, 0.05) is 25.2 Å². The van der Waals surface area contributed by atoms with Crippen LogP contribution in [-0.4, -0.2) is 48.9 Å². The summed E-state index contributed by atoms with van der Waals surface area (Å²) >= 11 is 0. The molecule has 1 fully saturated rings. The van der Waals surface area contributed by atoms with Crippen molar-refractivity contribution in [1.29, 1.82) is 0 Å². The van der Waals surface area contributed by atoms with E-state index < -0.39 is 10.2 Å². The Morgan fingerprint density at radius 3 is 2.58 bits per heavy atom. The third-order valence-electron chi connectivity index (χ3n) is 5.10. The van der Waals surface area contributed by atoms with Crippen LogP contribution >= 0.6 is 0 Å². The maximum Gasteiger partial charge on any atom is 0.345 e. The lowest BCUT2D eigenvalue weighted by atomic mass is 9.99. The van der Waals surface area contributed by atoms with Crippen LogP contribution in [0.3, 0.4) is 0 Å². The Morgan fingerprint density at radius 2 is 1.92 bits per heavy atom. The molecule has 26 heavy (non-hydrogen) atoms. The monoisotopic (exact) mass is 375 g/mol. The molecule has 3 rings (SSSR count). The molecular weight excluding hydrogens is 350 g/mol. The number of rotatable bonds is 3. The Bertz CT molecular complexity index is 857. The predicted octanol–water partition coefficient (Wildman–Crippen LogP) is 2.65. The first kappa shape index (κ1) is 18.6. The van der Waals surface area contributed by atoms with Gasteiger partial charge in [0.05, 0.1) is 5.71 Å². The van der Waals surface area contributed by atoms with E-state index in [0.717, 1.165) is 35.6 Å². The first-order valence-corrected chi connectivity index (χ1v) is 10.4. The third kappa shape index (κ3) is 3.53. The van der Waals surface area contributed by atoms with Gasteiger partial charge in [0.15, 0.2) is 0 Å². The van der Waals surface area contributed by atoms with Gasteiger partial charge in [-0.1, -0.05) is 36.8 Å². The summed E-state index contributed by atoms with van der Waals surface area (Å²) in [5.41, 5.74) is 2.22. The second-order valence-electron chi connectivity index (χ2n) is 6.87. The number of allylic oxidation sites excluding steroid dienone is 1. The number of piperidine rings is 1. The Hall–Kier alpha value is -2.15. The first-order chi connectivity index (χ1) is 12.3. The van der Waals surface area contributed by atoms with Crippen LogP contribution in [0.5, 0.6) is 0 Å². The van der Waals surface area contributed by atoms with Gasteiger partial charge in [-0.3, -0.25) is 4.79 Å². The van der Waals surface area contributed by atoms with Crippen molar-refractivity contribution >= 4 is 21.8 Å². The Labute approximate surface area is 155 Å². The summed E-state index contributed by atoms with van der Waals surface area (Å²) in [6, 6.07) is 7.60. The van der Waals surface area contributed by atoms with E-state index in [1.54, 1.807) is 6.08 Å². The summed E-state index contributed by atoms with van der Waals surface area (Å²) < 4.78 is 29.9. The highest BCUT2D eigenvalue weighted by Crippen LogP contribution is 2.26. The summed E-state index contributed by atoms with van der Waals surface area (Å²) in [5.74, 6) is -0.234. The number of aryl methyl sites for hydroxylation is 1. The average molecular weight is 375 g/mol. The van der Waals surface area contributed by atoms with Crippen LogP contribution in [-0.2, 0) is 15.0 Å². The van der Waals surface area contributed by atoms with Crippen molar-refractivity contribution in [3.8, 4) is 0 Å². The van der Waals surface area contributed by atoms with Crippen LogP contribution in [0, 0.1) is 6.92 Å². The van der Waals surface area contributed by atoms with Crippen LogP contribution in [0.1, 0.15) is 43.7 Å². The molecule has 0 bridgehead atoms. The molecule has 0 N–H and O–H groups in total. The molecule has 6 nitrogen and oxygen atoms in total. The van der Waals surface area contributed by atoms with Gasteiger partial charge in [-0.25, -0.2) is 4.31 Å². The number of hydrogen-bond donors (Lipinski definition) is 0. The van der Waals surface area contributed by atoms with E-state index in [2.05, 4.69) is 11.3 Å². The van der Waals surface area contributed by atoms with Gasteiger partial charge in [-0.2, -0.15) is 8.42 Å². The van der Waals surface area contributed by atoms with Gasteiger partial charge in [0.25, 0.3) is 5.91 Å². The summed E-state index contributed by atoms with van der Waals surface area (Å²) in [4.78, 5) is 15.0. The van der Waals surface area contributed by atoms with Crippen molar-refractivity contribution in [2.24, 2.45) is 4.40 Å². The van der Waals surface area contributed by atoms with E-state index in [4.69, 9.17) is 0 Å². The highest BCUT2D eigenvalue weighted by atomic mass is 32.2. The van der Waals surface area contributed by atoms with Crippen LogP contribution in [0.4, 0.5) is 0 Å². The summed E-state index contributed by atoms with van der Waals surface area (Å²) in [5, 5.41) is 0. The molecule has 0 unspecified atom stereocenters. The molecule has 0 radical (unpaired) electrons. The van der Waals surface area contributed by atoms with Crippen molar-refractivity contribution in [3.63, 3.8) is 0 Å². The third-order valence-corrected chi connectivity index (χ3v) is 6.41. The lowest BCUT2D eigenvalue weighted by molar-refractivity contribution is -0.131. The van der Waals surface area contributed by atoms with Crippen molar-refractivity contribution in [1.82, 2.24) is 9.21 Å². The minimum atomic E-state index is -3.92. The molecule has 1 atom stereocenters. The molecule has 1 saturated heterocycles. The van der Waals surface area contributed by atoms with E-state index in [0.29, 0.717) is 17.8 Å². The number of nitrogens with zero attached hydrogens (tertiary/aromatic N) is 3. The number of amides is 1.